The summed E-state index contributed by atoms with van der Waals surface area (Å²) < 4.78 is 0.923. The van der Waals surface area contributed by atoms with Crippen molar-refractivity contribution in [2.24, 2.45) is 0 Å². The molecule has 0 aliphatic heterocycles. The third-order valence-corrected chi connectivity index (χ3v) is 15.3. The van der Waals surface area contributed by atoms with Gasteiger partial charge in [-0.25, -0.2) is 0 Å². The standard InChI is InChI=1S/C74H66IN3/c1-6-63-23-17-20-54(3)72(63)76(66-26-11-8-12-27-66)69-44-38-57(39-45-69)32-35-60-50-61(36-33-58-40-46-70(47-41-58)77(67-28-13-9-14-29-67)73-55(4)21-18-24-64(73)7-2)52-62(51-60)37-34-59-42-48-71(49-43-59)78(68-30-15-10-16-31-68)74-56(5)22-19-25-65(74)53-75/h8-52H,6-7,53H2,1-5H3/b35-32+,36-33+,37-34+. The monoisotopic (exact) mass is 1120 g/mol. The maximum atomic E-state index is 2.48. The average Bonchev–Trinajstić information content (AvgIpc) is 3.50. The zero-order chi connectivity index (χ0) is 53.8. The molecule has 0 atom stereocenters. The molecular formula is C74H66IN3. The second-order valence-electron chi connectivity index (χ2n) is 19.8. The summed E-state index contributed by atoms with van der Waals surface area (Å²) in [6.45, 7) is 11.1. The van der Waals surface area contributed by atoms with E-state index in [4.69, 9.17) is 0 Å². The van der Waals surface area contributed by atoms with E-state index in [-0.39, 0.29) is 0 Å². The third-order valence-electron chi connectivity index (χ3n) is 14.4. The van der Waals surface area contributed by atoms with Crippen LogP contribution >= 0.6 is 22.6 Å². The molecule has 0 fully saturated rings. The van der Waals surface area contributed by atoms with Gasteiger partial charge in [-0.1, -0.05) is 218 Å². The van der Waals surface area contributed by atoms with E-state index >= 15 is 0 Å². The zero-order valence-corrected chi connectivity index (χ0v) is 47.5. The van der Waals surface area contributed by atoms with E-state index < -0.39 is 0 Å². The summed E-state index contributed by atoms with van der Waals surface area (Å²) in [5, 5.41) is 0. The Kier molecular flexibility index (Phi) is 17.1. The Balaban J connectivity index is 0.971. The minimum absolute atomic E-state index is 0.923. The molecular weight excluding hydrogens is 1060 g/mol. The summed E-state index contributed by atoms with van der Waals surface area (Å²) in [6.07, 6.45) is 15.3. The number of aryl methyl sites for hydroxylation is 5. The lowest BCUT2D eigenvalue weighted by Gasteiger charge is -2.29. The summed E-state index contributed by atoms with van der Waals surface area (Å²) >= 11 is 2.48. The maximum Gasteiger partial charge on any atom is 0.0530 e. The predicted octanol–water partition coefficient (Wildman–Crippen LogP) is 21.6. The van der Waals surface area contributed by atoms with Crippen LogP contribution in [0.4, 0.5) is 51.2 Å². The van der Waals surface area contributed by atoms with E-state index in [0.29, 0.717) is 0 Å². The van der Waals surface area contributed by atoms with Crippen LogP contribution in [0, 0.1) is 20.8 Å². The molecule has 0 saturated heterocycles. The lowest BCUT2D eigenvalue weighted by molar-refractivity contribution is 1.10. The minimum atomic E-state index is 0.923. The Morgan fingerprint density at radius 1 is 0.282 bits per heavy atom. The van der Waals surface area contributed by atoms with Crippen molar-refractivity contribution >= 4 is 110 Å². The fraction of sp³-hybridized carbons (Fsp3) is 0.108. The fourth-order valence-electron chi connectivity index (χ4n) is 10.5. The van der Waals surface area contributed by atoms with Gasteiger partial charge in [0.1, 0.15) is 0 Å². The number of anilines is 9. The number of hydrogen-bond donors (Lipinski definition) is 0. The molecule has 0 amide bonds. The molecule has 10 aromatic rings. The van der Waals surface area contributed by atoms with Crippen molar-refractivity contribution in [1.82, 2.24) is 0 Å². The first-order valence-corrected chi connectivity index (χ1v) is 28.7. The number of nitrogens with zero attached hydrogens (tertiary/aromatic N) is 3. The van der Waals surface area contributed by atoms with Crippen molar-refractivity contribution in [3.05, 3.63) is 303 Å². The van der Waals surface area contributed by atoms with Gasteiger partial charge in [0.2, 0.25) is 0 Å². The molecule has 10 aromatic carbocycles. The summed E-state index contributed by atoms with van der Waals surface area (Å²) in [5.74, 6) is 0. The highest BCUT2D eigenvalue weighted by Gasteiger charge is 2.20. The van der Waals surface area contributed by atoms with Gasteiger partial charge < -0.3 is 14.7 Å². The molecule has 4 heteroatoms. The van der Waals surface area contributed by atoms with Crippen LogP contribution in [0.2, 0.25) is 0 Å². The van der Waals surface area contributed by atoms with Crippen molar-refractivity contribution in [3.63, 3.8) is 0 Å². The molecule has 78 heavy (non-hydrogen) atoms. The van der Waals surface area contributed by atoms with Gasteiger partial charge in [-0.15, -0.1) is 0 Å². The van der Waals surface area contributed by atoms with Crippen LogP contribution in [-0.2, 0) is 17.3 Å². The number of hydrogen-bond acceptors (Lipinski definition) is 3. The van der Waals surface area contributed by atoms with Gasteiger partial charge >= 0.3 is 0 Å². The molecule has 0 bridgehead atoms. The van der Waals surface area contributed by atoms with E-state index in [2.05, 4.69) is 345 Å². The van der Waals surface area contributed by atoms with Gasteiger partial charge in [0.25, 0.3) is 0 Å². The molecule has 384 valence electrons. The van der Waals surface area contributed by atoms with Gasteiger partial charge in [-0.05, 0) is 191 Å². The van der Waals surface area contributed by atoms with E-state index in [0.717, 1.165) is 84.8 Å². The Labute approximate surface area is 477 Å². The van der Waals surface area contributed by atoms with Crippen LogP contribution in [0.3, 0.4) is 0 Å². The highest BCUT2D eigenvalue weighted by atomic mass is 127. The lowest BCUT2D eigenvalue weighted by atomic mass is 10.0. The average molecular weight is 1120 g/mol. The van der Waals surface area contributed by atoms with E-state index in [1.54, 1.807) is 0 Å². The second-order valence-corrected chi connectivity index (χ2v) is 20.6. The SMILES string of the molecule is CCc1cccc(C)c1N(c1ccccc1)c1ccc(/C=C/c2cc(/C=C/c3ccc(N(c4ccccc4)c4c(C)cccc4CC)cc3)cc(/C=C/c3ccc(N(c4ccccc4)c4c(C)cccc4CI)cc3)c2)cc1. The van der Waals surface area contributed by atoms with Crippen molar-refractivity contribution in [2.45, 2.75) is 51.9 Å². The first kappa shape index (κ1) is 53.0. The molecule has 0 spiro atoms. The van der Waals surface area contributed by atoms with Gasteiger partial charge in [-0.2, -0.15) is 0 Å². The maximum absolute atomic E-state index is 2.48. The summed E-state index contributed by atoms with van der Waals surface area (Å²) in [4.78, 5) is 7.19. The highest BCUT2D eigenvalue weighted by molar-refractivity contribution is 14.1. The van der Waals surface area contributed by atoms with Gasteiger partial charge in [0, 0.05) is 38.6 Å². The van der Waals surface area contributed by atoms with Gasteiger partial charge in [-0.3, -0.25) is 0 Å². The van der Waals surface area contributed by atoms with Gasteiger partial charge in [0.05, 0.1) is 17.1 Å². The quantitative estimate of drug-likeness (QED) is 0.0482. The first-order valence-electron chi connectivity index (χ1n) is 27.1. The zero-order valence-electron chi connectivity index (χ0n) is 45.3. The third kappa shape index (κ3) is 12.2. The second kappa shape index (κ2) is 25.1. The fourth-order valence-corrected chi connectivity index (χ4v) is 11.1. The molecule has 0 heterocycles. The Hall–Kier alpha value is -8.45. The summed E-state index contributed by atoms with van der Waals surface area (Å²) in [5.41, 5.74) is 25.0. The number of alkyl halides is 1. The first-order chi connectivity index (χ1) is 38.3. The molecule has 0 unspecified atom stereocenters. The number of rotatable bonds is 18. The number of benzene rings is 10. The molecule has 10 rings (SSSR count). The topological polar surface area (TPSA) is 9.72 Å². The van der Waals surface area contributed by atoms with Crippen LogP contribution in [-0.4, -0.2) is 0 Å². The van der Waals surface area contributed by atoms with Crippen molar-refractivity contribution in [3.8, 4) is 0 Å². The van der Waals surface area contributed by atoms with E-state index in [1.165, 1.54) is 50.4 Å². The highest BCUT2D eigenvalue weighted by Crippen LogP contribution is 2.42. The molecule has 0 aromatic heterocycles. The number of para-hydroxylation sites is 6. The Bertz CT molecular complexity index is 3290. The molecule has 0 N–H and O–H groups in total. The summed E-state index contributed by atoms with van der Waals surface area (Å²) in [6, 6.07) is 85.6. The summed E-state index contributed by atoms with van der Waals surface area (Å²) in [7, 11) is 0. The van der Waals surface area contributed by atoms with Crippen molar-refractivity contribution in [2.75, 3.05) is 14.7 Å². The number of halogens is 1. The van der Waals surface area contributed by atoms with Crippen LogP contribution in [0.1, 0.15) is 80.6 Å². The molecule has 0 saturated carbocycles. The van der Waals surface area contributed by atoms with Crippen molar-refractivity contribution in [1.29, 1.82) is 0 Å². The Morgan fingerprint density at radius 2 is 0.538 bits per heavy atom. The van der Waals surface area contributed by atoms with Crippen LogP contribution < -0.4 is 14.7 Å². The van der Waals surface area contributed by atoms with Crippen LogP contribution in [0.15, 0.2) is 237 Å². The van der Waals surface area contributed by atoms with Crippen LogP contribution in [0.25, 0.3) is 36.5 Å². The van der Waals surface area contributed by atoms with Crippen LogP contribution in [0.5, 0.6) is 0 Å². The minimum Gasteiger partial charge on any atom is -0.310 e. The Morgan fingerprint density at radius 3 is 0.821 bits per heavy atom. The van der Waals surface area contributed by atoms with E-state index in [9.17, 15) is 0 Å². The van der Waals surface area contributed by atoms with Gasteiger partial charge in [0.15, 0.2) is 0 Å². The molecule has 0 aliphatic rings. The lowest BCUT2D eigenvalue weighted by Crippen LogP contribution is -2.13. The molecule has 0 aliphatic carbocycles. The van der Waals surface area contributed by atoms with Crippen molar-refractivity contribution < 1.29 is 0 Å². The molecule has 3 nitrogen and oxygen atoms in total. The molecule has 0 radical (unpaired) electrons. The smallest absolute Gasteiger partial charge is 0.0530 e. The largest absolute Gasteiger partial charge is 0.310 e. The normalized spacial score (nSPS) is 11.5. The predicted molar refractivity (Wildman–Crippen MR) is 347 cm³/mol. The van der Waals surface area contributed by atoms with E-state index in [1.807, 2.05) is 0 Å².